The first-order valence-corrected chi connectivity index (χ1v) is 8.69. The Kier molecular flexibility index (Phi) is 4.17. The van der Waals surface area contributed by atoms with E-state index >= 15 is 0 Å². The fraction of sp³-hybridized carbons (Fsp3) is 0.182. The lowest BCUT2D eigenvalue weighted by Crippen LogP contribution is -1.99. The minimum absolute atomic E-state index is 0.472. The van der Waals surface area contributed by atoms with Gasteiger partial charge in [-0.2, -0.15) is 5.10 Å². The first-order chi connectivity index (χ1) is 12.6. The second-order valence-electron chi connectivity index (χ2n) is 6.59. The lowest BCUT2D eigenvalue weighted by molar-refractivity contribution is 0.299. The minimum atomic E-state index is 0.472. The van der Waals surface area contributed by atoms with E-state index < -0.39 is 0 Å². The zero-order chi connectivity index (χ0) is 18.1. The number of fused-ring (bicyclic) bond motifs is 1. The molecular formula is C22H21N3O. The summed E-state index contributed by atoms with van der Waals surface area (Å²) in [6.07, 6.45) is 2.00. The Morgan fingerprint density at radius 1 is 0.962 bits per heavy atom. The van der Waals surface area contributed by atoms with Crippen molar-refractivity contribution in [3.05, 3.63) is 77.6 Å². The Balaban J connectivity index is 1.56. The summed E-state index contributed by atoms with van der Waals surface area (Å²) in [4.78, 5) is 4.83. The predicted molar refractivity (Wildman–Crippen MR) is 104 cm³/mol. The van der Waals surface area contributed by atoms with Gasteiger partial charge in [-0.05, 0) is 61.4 Å². The van der Waals surface area contributed by atoms with Gasteiger partial charge < -0.3 is 4.74 Å². The molecule has 0 saturated heterocycles. The van der Waals surface area contributed by atoms with Crippen molar-refractivity contribution in [1.29, 1.82) is 0 Å². The molecule has 0 saturated carbocycles. The van der Waals surface area contributed by atoms with Crippen LogP contribution in [-0.2, 0) is 13.7 Å². The standard InChI is InChI=1S/C22H21N3O/c1-15-12-18-6-4-5-7-20(18)23-22(15)17-8-10-19(11-9-17)26-14-21-16(2)13-25(3)24-21/h4-13H,14H2,1-3H3. The summed E-state index contributed by atoms with van der Waals surface area (Å²) < 4.78 is 7.69. The molecule has 4 rings (SSSR count). The zero-order valence-corrected chi connectivity index (χ0v) is 15.2. The molecule has 0 aliphatic carbocycles. The molecule has 0 N–H and O–H groups in total. The predicted octanol–water partition coefficient (Wildman–Crippen LogP) is 4.83. The second kappa shape index (κ2) is 6.64. The van der Waals surface area contributed by atoms with Gasteiger partial charge in [-0.25, -0.2) is 4.98 Å². The third kappa shape index (κ3) is 3.18. The van der Waals surface area contributed by atoms with E-state index in [4.69, 9.17) is 9.72 Å². The monoisotopic (exact) mass is 343 g/mol. The smallest absolute Gasteiger partial charge is 0.132 e. The molecule has 0 atom stereocenters. The van der Waals surface area contributed by atoms with Crippen LogP contribution in [0.1, 0.15) is 16.8 Å². The van der Waals surface area contributed by atoms with E-state index in [-0.39, 0.29) is 0 Å². The third-order valence-electron chi connectivity index (χ3n) is 4.53. The van der Waals surface area contributed by atoms with Crippen LogP contribution in [0, 0.1) is 13.8 Å². The summed E-state index contributed by atoms with van der Waals surface area (Å²) >= 11 is 0. The average molecular weight is 343 g/mol. The summed E-state index contributed by atoms with van der Waals surface area (Å²) in [7, 11) is 1.92. The van der Waals surface area contributed by atoms with Crippen molar-refractivity contribution in [2.24, 2.45) is 7.05 Å². The Bertz CT molecular complexity index is 1060. The van der Waals surface area contributed by atoms with Crippen molar-refractivity contribution >= 4 is 10.9 Å². The van der Waals surface area contributed by atoms with Gasteiger partial charge >= 0.3 is 0 Å². The molecular weight excluding hydrogens is 322 g/mol. The van der Waals surface area contributed by atoms with Gasteiger partial charge in [0.15, 0.2) is 0 Å². The lowest BCUT2D eigenvalue weighted by atomic mass is 10.0. The van der Waals surface area contributed by atoms with E-state index in [9.17, 15) is 0 Å². The van der Waals surface area contributed by atoms with Crippen LogP contribution < -0.4 is 4.74 Å². The number of pyridine rings is 1. The van der Waals surface area contributed by atoms with E-state index in [1.54, 1.807) is 0 Å². The van der Waals surface area contributed by atoms with Gasteiger partial charge in [0.2, 0.25) is 0 Å². The molecule has 0 unspecified atom stereocenters. The highest BCUT2D eigenvalue weighted by atomic mass is 16.5. The number of hydrogen-bond donors (Lipinski definition) is 0. The van der Waals surface area contributed by atoms with Crippen LogP contribution in [0.15, 0.2) is 60.8 Å². The van der Waals surface area contributed by atoms with E-state index in [1.807, 2.05) is 55.2 Å². The summed E-state index contributed by atoms with van der Waals surface area (Å²) in [5, 5.41) is 5.58. The SMILES string of the molecule is Cc1cn(C)nc1COc1ccc(-c2nc3ccccc3cc2C)cc1. The molecule has 4 aromatic rings. The molecule has 0 aliphatic heterocycles. The maximum Gasteiger partial charge on any atom is 0.132 e. The quantitative estimate of drug-likeness (QED) is 0.533. The highest BCUT2D eigenvalue weighted by Crippen LogP contribution is 2.27. The van der Waals surface area contributed by atoms with Crippen LogP contribution in [0.3, 0.4) is 0 Å². The van der Waals surface area contributed by atoms with Crippen LogP contribution in [0.5, 0.6) is 5.75 Å². The normalized spacial score (nSPS) is 11.0. The topological polar surface area (TPSA) is 39.9 Å². The zero-order valence-electron chi connectivity index (χ0n) is 15.2. The maximum absolute atomic E-state index is 5.88. The largest absolute Gasteiger partial charge is 0.487 e. The van der Waals surface area contributed by atoms with Crippen LogP contribution in [0.25, 0.3) is 22.2 Å². The third-order valence-corrected chi connectivity index (χ3v) is 4.53. The highest BCUT2D eigenvalue weighted by Gasteiger charge is 2.08. The van der Waals surface area contributed by atoms with Crippen molar-refractivity contribution in [3.63, 3.8) is 0 Å². The molecule has 0 bridgehead atoms. The molecule has 0 spiro atoms. The number of ether oxygens (including phenoxy) is 1. The molecule has 130 valence electrons. The van der Waals surface area contributed by atoms with E-state index in [0.29, 0.717) is 6.61 Å². The van der Waals surface area contributed by atoms with Crippen molar-refractivity contribution < 1.29 is 4.74 Å². The molecule has 2 aromatic carbocycles. The van der Waals surface area contributed by atoms with Crippen LogP contribution in [0.4, 0.5) is 0 Å². The molecule has 0 amide bonds. The molecule has 2 heterocycles. The van der Waals surface area contributed by atoms with E-state index in [2.05, 4.69) is 36.3 Å². The first-order valence-electron chi connectivity index (χ1n) is 8.69. The van der Waals surface area contributed by atoms with E-state index in [0.717, 1.165) is 33.8 Å². The number of benzene rings is 2. The van der Waals surface area contributed by atoms with Crippen LogP contribution in [0.2, 0.25) is 0 Å². The Morgan fingerprint density at radius 3 is 2.46 bits per heavy atom. The van der Waals surface area contributed by atoms with E-state index in [1.165, 1.54) is 10.9 Å². The molecule has 4 heteroatoms. The van der Waals surface area contributed by atoms with Gasteiger partial charge in [-0.15, -0.1) is 0 Å². The summed E-state index contributed by atoms with van der Waals surface area (Å²) in [5.74, 6) is 0.831. The summed E-state index contributed by atoms with van der Waals surface area (Å²) in [5.41, 5.74) is 6.38. The minimum Gasteiger partial charge on any atom is -0.487 e. The van der Waals surface area contributed by atoms with Crippen molar-refractivity contribution in [3.8, 4) is 17.0 Å². The van der Waals surface area contributed by atoms with Gasteiger partial charge in [-0.1, -0.05) is 18.2 Å². The van der Waals surface area contributed by atoms with Crippen molar-refractivity contribution in [2.75, 3.05) is 0 Å². The molecule has 0 radical (unpaired) electrons. The number of hydrogen-bond acceptors (Lipinski definition) is 3. The lowest BCUT2D eigenvalue weighted by Gasteiger charge is -2.09. The number of aromatic nitrogens is 3. The molecule has 0 fully saturated rings. The maximum atomic E-state index is 5.88. The van der Waals surface area contributed by atoms with Gasteiger partial charge in [0.25, 0.3) is 0 Å². The van der Waals surface area contributed by atoms with Gasteiger partial charge in [0, 0.05) is 24.2 Å². The summed E-state index contributed by atoms with van der Waals surface area (Å²) in [6, 6.07) is 18.5. The fourth-order valence-electron chi connectivity index (χ4n) is 3.17. The number of nitrogens with zero attached hydrogens (tertiary/aromatic N) is 3. The number of aryl methyl sites for hydroxylation is 3. The van der Waals surface area contributed by atoms with Gasteiger partial charge in [0.05, 0.1) is 11.2 Å². The Hall–Kier alpha value is -3.14. The second-order valence-corrected chi connectivity index (χ2v) is 6.59. The van der Waals surface area contributed by atoms with Crippen LogP contribution >= 0.6 is 0 Å². The first kappa shape index (κ1) is 16.3. The molecule has 2 aromatic heterocycles. The Morgan fingerprint density at radius 2 is 1.73 bits per heavy atom. The molecule has 0 aliphatic rings. The van der Waals surface area contributed by atoms with Crippen molar-refractivity contribution in [2.45, 2.75) is 20.5 Å². The number of rotatable bonds is 4. The van der Waals surface area contributed by atoms with Crippen molar-refractivity contribution in [1.82, 2.24) is 14.8 Å². The van der Waals surface area contributed by atoms with Gasteiger partial charge in [0.1, 0.15) is 18.1 Å². The Labute approximate surface area is 153 Å². The number of para-hydroxylation sites is 1. The fourth-order valence-corrected chi connectivity index (χ4v) is 3.17. The average Bonchev–Trinajstić information content (AvgIpc) is 2.97. The molecule has 26 heavy (non-hydrogen) atoms. The van der Waals surface area contributed by atoms with Gasteiger partial charge in [-0.3, -0.25) is 4.68 Å². The molecule has 4 nitrogen and oxygen atoms in total. The summed E-state index contributed by atoms with van der Waals surface area (Å²) in [6.45, 7) is 4.62. The van der Waals surface area contributed by atoms with Crippen LogP contribution in [-0.4, -0.2) is 14.8 Å². The highest BCUT2D eigenvalue weighted by molar-refractivity contribution is 5.83.